The zero-order valence-corrected chi connectivity index (χ0v) is 23.8. The molecule has 43 heavy (non-hydrogen) atoms. The molecule has 15 heteroatoms. The molecule has 0 bridgehead atoms. The first-order chi connectivity index (χ1) is 20.5. The van der Waals surface area contributed by atoms with E-state index in [-0.39, 0.29) is 40.6 Å². The van der Waals surface area contributed by atoms with Crippen LogP contribution in [0.1, 0.15) is 39.0 Å². The predicted molar refractivity (Wildman–Crippen MR) is 151 cm³/mol. The lowest BCUT2D eigenvalue weighted by Crippen LogP contribution is -2.26. The Morgan fingerprint density at radius 3 is 2.42 bits per heavy atom. The van der Waals surface area contributed by atoms with Crippen LogP contribution in [-0.4, -0.2) is 44.9 Å². The molecule has 0 fully saturated rings. The van der Waals surface area contributed by atoms with Crippen molar-refractivity contribution in [1.82, 2.24) is 20.1 Å². The fourth-order valence-electron chi connectivity index (χ4n) is 3.78. The number of benzene rings is 3. The highest BCUT2D eigenvalue weighted by Gasteiger charge is 2.31. The van der Waals surface area contributed by atoms with Crippen LogP contribution in [0.4, 0.5) is 23.2 Å². The number of anilines is 1. The van der Waals surface area contributed by atoms with Crippen LogP contribution in [0, 0.1) is 5.82 Å². The lowest BCUT2D eigenvalue weighted by Gasteiger charge is -2.14. The Kier molecular flexibility index (Phi) is 10.0. The van der Waals surface area contributed by atoms with E-state index >= 15 is 0 Å². The average Bonchev–Trinajstić information content (AvgIpc) is 3.38. The fraction of sp³-hybridized carbons (Fsp3) is 0.179. The smallest absolute Gasteiger partial charge is 0.416 e. The molecule has 0 saturated carbocycles. The van der Waals surface area contributed by atoms with Crippen molar-refractivity contribution < 1.29 is 36.7 Å². The molecule has 4 aromatic rings. The molecule has 0 unspecified atom stereocenters. The van der Waals surface area contributed by atoms with Crippen molar-refractivity contribution in [1.29, 1.82) is 0 Å². The van der Waals surface area contributed by atoms with E-state index in [1.807, 2.05) is 0 Å². The summed E-state index contributed by atoms with van der Waals surface area (Å²) in [5.74, 6) is -2.91. The Balaban J connectivity index is 1.54. The molecular formula is C28H22ClF4N5O4S. The summed E-state index contributed by atoms with van der Waals surface area (Å²) in [7, 11) is 0. The van der Waals surface area contributed by atoms with Crippen LogP contribution in [0.25, 0.3) is 5.69 Å². The van der Waals surface area contributed by atoms with Gasteiger partial charge in [0.05, 0.1) is 46.3 Å². The molecule has 0 radical (unpaired) electrons. The summed E-state index contributed by atoms with van der Waals surface area (Å²) >= 11 is 6.84. The quantitative estimate of drug-likeness (QED) is 0.126. The normalized spacial score (nSPS) is 11.2. The number of hydrogen-bond acceptors (Lipinski definition) is 7. The van der Waals surface area contributed by atoms with Gasteiger partial charge in [0.15, 0.2) is 11.0 Å². The summed E-state index contributed by atoms with van der Waals surface area (Å²) in [4.78, 5) is 37.1. The summed E-state index contributed by atoms with van der Waals surface area (Å²) in [5.41, 5.74) is -0.624. The van der Waals surface area contributed by atoms with Gasteiger partial charge in [0.25, 0.3) is 5.91 Å². The minimum Gasteiger partial charge on any atom is -0.462 e. The number of esters is 1. The largest absolute Gasteiger partial charge is 0.462 e. The molecule has 2 amide bonds. The third kappa shape index (κ3) is 7.90. The molecule has 0 aliphatic carbocycles. The Morgan fingerprint density at radius 1 is 1.02 bits per heavy atom. The first-order valence-electron chi connectivity index (χ1n) is 12.5. The minimum atomic E-state index is -4.64. The van der Waals surface area contributed by atoms with Crippen LogP contribution in [0.5, 0.6) is 0 Å². The van der Waals surface area contributed by atoms with Crippen molar-refractivity contribution in [3.05, 3.63) is 100 Å². The lowest BCUT2D eigenvalue weighted by molar-refractivity contribution is -0.137. The molecule has 0 aliphatic rings. The number of nitrogens with zero attached hydrogens (tertiary/aromatic N) is 3. The summed E-state index contributed by atoms with van der Waals surface area (Å²) < 4.78 is 60.8. The lowest BCUT2D eigenvalue weighted by atomic mass is 10.2. The van der Waals surface area contributed by atoms with E-state index in [4.69, 9.17) is 16.3 Å². The molecule has 4 rings (SSSR count). The summed E-state index contributed by atoms with van der Waals surface area (Å²) in [6.45, 7) is 1.54. The van der Waals surface area contributed by atoms with Gasteiger partial charge in [-0.1, -0.05) is 35.5 Å². The van der Waals surface area contributed by atoms with Crippen LogP contribution in [0.2, 0.25) is 5.02 Å². The molecule has 1 heterocycles. The van der Waals surface area contributed by atoms with Crippen LogP contribution >= 0.6 is 23.4 Å². The van der Waals surface area contributed by atoms with E-state index in [2.05, 4.69) is 20.8 Å². The van der Waals surface area contributed by atoms with E-state index in [1.54, 1.807) is 6.92 Å². The summed E-state index contributed by atoms with van der Waals surface area (Å²) in [6, 6.07) is 14.1. The van der Waals surface area contributed by atoms with Gasteiger partial charge in [0.1, 0.15) is 5.82 Å². The molecule has 2 N–H and O–H groups in total. The van der Waals surface area contributed by atoms with Crippen molar-refractivity contribution in [2.75, 3.05) is 17.7 Å². The number of alkyl halides is 3. The topological polar surface area (TPSA) is 115 Å². The minimum absolute atomic E-state index is 0.0117. The number of aromatic nitrogens is 3. The molecular weight excluding hydrogens is 614 g/mol. The summed E-state index contributed by atoms with van der Waals surface area (Å²) in [6.07, 6.45) is -4.64. The maximum Gasteiger partial charge on any atom is 0.416 e. The van der Waals surface area contributed by atoms with Crippen LogP contribution in [-0.2, 0) is 22.3 Å². The van der Waals surface area contributed by atoms with E-state index < -0.39 is 40.9 Å². The van der Waals surface area contributed by atoms with Crippen LogP contribution < -0.4 is 10.6 Å². The maximum atomic E-state index is 14.2. The molecule has 0 aliphatic heterocycles. The van der Waals surface area contributed by atoms with Gasteiger partial charge in [0, 0.05) is 5.69 Å². The van der Waals surface area contributed by atoms with Gasteiger partial charge in [-0.2, -0.15) is 13.2 Å². The molecule has 0 spiro atoms. The number of carbonyl (C=O) groups is 3. The average molecular weight is 636 g/mol. The van der Waals surface area contributed by atoms with Gasteiger partial charge < -0.3 is 15.4 Å². The number of halogens is 5. The second-order valence-electron chi connectivity index (χ2n) is 8.70. The van der Waals surface area contributed by atoms with Crippen molar-refractivity contribution in [3.8, 4) is 5.69 Å². The number of rotatable bonds is 10. The third-order valence-electron chi connectivity index (χ3n) is 5.74. The molecule has 1 aromatic heterocycles. The van der Waals surface area contributed by atoms with Crippen molar-refractivity contribution in [3.63, 3.8) is 0 Å². The zero-order chi connectivity index (χ0) is 31.1. The number of hydrogen-bond donors (Lipinski definition) is 2. The number of ether oxygens (including phenoxy) is 1. The highest BCUT2D eigenvalue weighted by Crippen LogP contribution is 2.32. The highest BCUT2D eigenvalue weighted by atomic mass is 35.5. The van der Waals surface area contributed by atoms with Crippen LogP contribution in [0.15, 0.2) is 71.9 Å². The predicted octanol–water partition coefficient (Wildman–Crippen LogP) is 5.92. The molecule has 3 aromatic carbocycles. The monoisotopic (exact) mass is 635 g/mol. The van der Waals surface area contributed by atoms with Crippen molar-refractivity contribution in [2.45, 2.75) is 24.8 Å². The number of nitrogens with one attached hydrogen (secondary N) is 2. The SMILES string of the molecule is CCOC(=O)c1ccc(NC(=O)CSc2nnc(CNC(=O)c3c(F)cccc3Cl)n2-c2cccc(C(F)(F)F)c2)cc1. The molecule has 224 valence electrons. The van der Waals surface area contributed by atoms with Crippen molar-refractivity contribution >= 4 is 46.8 Å². The Labute approximate surface area is 251 Å². The molecule has 0 atom stereocenters. The zero-order valence-electron chi connectivity index (χ0n) is 22.2. The maximum absolute atomic E-state index is 14.2. The first-order valence-corrected chi connectivity index (χ1v) is 13.9. The highest BCUT2D eigenvalue weighted by molar-refractivity contribution is 7.99. The number of amides is 2. The van der Waals surface area contributed by atoms with E-state index in [0.717, 1.165) is 30.0 Å². The standard InChI is InChI=1S/C28H22ClF4N5O4S/c1-2-42-26(41)16-9-11-18(12-10-16)35-23(39)15-43-27-37-36-22(14-34-25(40)24-20(29)7-4-8-21(24)30)38(27)19-6-3-5-17(13-19)28(31,32)33/h3-13H,2,14-15H2,1H3,(H,34,40)(H,35,39). The summed E-state index contributed by atoms with van der Waals surface area (Å²) in [5, 5.41) is 13.0. The molecule has 0 saturated heterocycles. The molecule has 9 nitrogen and oxygen atoms in total. The Morgan fingerprint density at radius 2 is 1.74 bits per heavy atom. The fourth-order valence-corrected chi connectivity index (χ4v) is 4.80. The van der Waals surface area contributed by atoms with Gasteiger partial charge in [0.2, 0.25) is 5.91 Å². The second-order valence-corrected chi connectivity index (χ2v) is 10.0. The van der Waals surface area contributed by atoms with Crippen molar-refractivity contribution in [2.24, 2.45) is 0 Å². The van der Waals surface area contributed by atoms with E-state index in [0.29, 0.717) is 11.3 Å². The second kappa shape index (κ2) is 13.7. The third-order valence-corrected chi connectivity index (χ3v) is 6.99. The van der Waals surface area contributed by atoms with Gasteiger partial charge in [-0.3, -0.25) is 14.2 Å². The van der Waals surface area contributed by atoms with E-state index in [1.165, 1.54) is 53.1 Å². The van der Waals surface area contributed by atoms with Gasteiger partial charge >= 0.3 is 12.1 Å². The number of thioether (sulfide) groups is 1. The van der Waals surface area contributed by atoms with Gasteiger partial charge in [-0.25, -0.2) is 9.18 Å². The van der Waals surface area contributed by atoms with Gasteiger partial charge in [-0.05, 0) is 61.5 Å². The van der Waals surface area contributed by atoms with E-state index in [9.17, 15) is 31.9 Å². The number of carbonyl (C=O) groups excluding carboxylic acids is 3. The van der Waals surface area contributed by atoms with Crippen LogP contribution in [0.3, 0.4) is 0 Å². The van der Waals surface area contributed by atoms with Gasteiger partial charge in [-0.15, -0.1) is 10.2 Å². The Bertz CT molecular complexity index is 1630. The first kappa shape index (κ1) is 31.5. The Hall–Kier alpha value is -4.43.